The first-order valence-electron chi connectivity index (χ1n) is 8.34. The summed E-state index contributed by atoms with van der Waals surface area (Å²) in [6.07, 6.45) is 2.26. The van der Waals surface area contributed by atoms with E-state index < -0.39 is 0 Å². The zero-order valence-corrected chi connectivity index (χ0v) is 13.9. The monoisotopic (exact) mass is 322 g/mol. The van der Waals surface area contributed by atoms with Gasteiger partial charge in [-0.15, -0.1) is 0 Å². The molecule has 0 unspecified atom stereocenters. The number of aryl methyl sites for hydroxylation is 2. The zero-order valence-electron chi connectivity index (χ0n) is 13.9. The molecule has 0 aliphatic carbocycles. The van der Waals surface area contributed by atoms with Gasteiger partial charge in [0, 0.05) is 12.2 Å². The molecule has 3 rings (SSSR count). The second-order valence-corrected chi connectivity index (χ2v) is 6.22. The van der Waals surface area contributed by atoms with Crippen LogP contribution in [0.3, 0.4) is 0 Å². The molecule has 24 heavy (non-hydrogen) atoms. The average Bonchev–Trinajstić information content (AvgIpc) is 2.59. The van der Waals surface area contributed by atoms with Gasteiger partial charge in [0.25, 0.3) is 0 Å². The fourth-order valence-electron chi connectivity index (χ4n) is 3.13. The summed E-state index contributed by atoms with van der Waals surface area (Å²) < 4.78 is 0. The molecule has 1 aliphatic heterocycles. The van der Waals surface area contributed by atoms with Crippen molar-refractivity contribution in [1.29, 1.82) is 0 Å². The van der Waals surface area contributed by atoms with E-state index in [9.17, 15) is 9.59 Å². The van der Waals surface area contributed by atoms with E-state index in [4.69, 9.17) is 0 Å². The maximum atomic E-state index is 12.5. The van der Waals surface area contributed by atoms with Gasteiger partial charge in [-0.3, -0.25) is 9.59 Å². The summed E-state index contributed by atoms with van der Waals surface area (Å²) in [5.41, 5.74) is 4.26. The molecule has 0 bridgehead atoms. The molecule has 124 valence electrons. The molecule has 0 aromatic heterocycles. The maximum absolute atomic E-state index is 12.5. The molecule has 2 aromatic rings. The normalized spacial score (nSPS) is 13.3. The molecule has 1 heterocycles. The summed E-state index contributed by atoms with van der Waals surface area (Å²) in [6.45, 7) is 2.75. The molecule has 4 nitrogen and oxygen atoms in total. The topological polar surface area (TPSA) is 49.4 Å². The molecule has 1 N–H and O–H groups in total. The largest absolute Gasteiger partial charge is 0.347 e. The lowest BCUT2D eigenvalue weighted by atomic mass is 10.0. The van der Waals surface area contributed by atoms with Crippen molar-refractivity contribution in [3.8, 4) is 0 Å². The van der Waals surface area contributed by atoms with Gasteiger partial charge in [0.1, 0.15) is 0 Å². The summed E-state index contributed by atoms with van der Waals surface area (Å²) >= 11 is 0. The third-order valence-corrected chi connectivity index (χ3v) is 4.30. The van der Waals surface area contributed by atoms with Gasteiger partial charge in [-0.2, -0.15) is 0 Å². The highest BCUT2D eigenvalue weighted by Gasteiger charge is 2.22. The molecule has 2 aromatic carbocycles. The Morgan fingerprint density at radius 3 is 2.79 bits per heavy atom. The van der Waals surface area contributed by atoms with Crippen molar-refractivity contribution in [1.82, 2.24) is 5.32 Å². The van der Waals surface area contributed by atoms with Crippen molar-refractivity contribution in [2.45, 2.75) is 26.2 Å². The molecule has 0 radical (unpaired) electrons. The van der Waals surface area contributed by atoms with Crippen LogP contribution in [-0.2, 0) is 22.4 Å². The first-order chi connectivity index (χ1) is 11.6. The van der Waals surface area contributed by atoms with Crippen LogP contribution >= 0.6 is 0 Å². The fraction of sp³-hybridized carbons (Fsp3) is 0.300. The van der Waals surface area contributed by atoms with Gasteiger partial charge in [0.2, 0.25) is 11.8 Å². The minimum Gasteiger partial charge on any atom is -0.347 e. The van der Waals surface area contributed by atoms with E-state index >= 15 is 0 Å². The predicted molar refractivity (Wildman–Crippen MR) is 95.0 cm³/mol. The van der Waals surface area contributed by atoms with Gasteiger partial charge in [0.05, 0.1) is 13.0 Å². The lowest BCUT2D eigenvalue weighted by Crippen LogP contribution is -2.43. The molecule has 2 amide bonds. The Morgan fingerprint density at radius 2 is 1.96 bits per heavy atom. The van der Waals surface area contributed by atoms with Gasteiger partial charge in [-0.1, -0.05) is 48.0 Å². The molecule has 4 heteroatoms. The minimum atomic E-state index is -0.126. The number of fused-ring (bicyclic) bond motifs is 1. The summed E-state index contributed by atoms with van der Waals surface area (Å²) in [6, 6.07) is 15.8. The van der Waals surface area contributed by atoms with Crippen LogP contribution in [0, 0.1) is 6.92 Å². The average molecular weight is 322 g/mol. The minimum absolute atomic E-state index is 0.0407. The van der Waals surface area contributed by atoms with Crippen molar-refractivity contribution in [3.63, 3.8) is 0 Å². The van der Waals surface area contributed by atoms with Crippen LogP contribution in [0.25, 0.3) is 0 Å². The standard InChI is InChI=1S/C20H22N2O2/c1-15-6-4-7-16(12-15)13-19(23)21-14-20(24)22-11-5-9-17-8-2-3-10-18(17)22/h2-4,6-8,10,12H,5,9,11,13-14H2,1H3,(H,21,23). The fourth-order valence-corrected chi connectivity index (χ4v) is 3.13. The van der Waals surface area contributed by atoms with Crippen molar-refractivity contribution >= 4 is 17.5 Å². The predicted octanol–water partition coefficient (Wildman–Crippen LogP) is 2.63. The SMILES string of the molecule is Cc1cccc(CC(=O)NCC(=O)N2CCCc3ccccc32)c1. The number of hydrogen-bond donors (Lipinski definition) is 1. The molecule has 0 spiro atoms. The second kappa shape index (κ2) is 7.30. The second-order valence-electron chi connectivity index (χ2n) is 6.22. The Morgan fingerprint density at radius 1 is 1.12 bits per heavy atom. The van der Waals surface area contributed by atoms with Crippen LogP contribution in [-0.4, -0.2) is 24.9 Å². The molecule has 0 saturated heterocycles. The van der Waals surface area contributed by atoms with Gasteiger partial charge in [-0.05, 0) is 37.0 Å². The van der Waals surface area contributed by atoms with Gasteiger partial charge >= 0.3 is 0 Å². The summed E-state index contributed by atoms with van der Waals surface area (Å²) in [4.78, 5) is 26.3. The van der Waals surface area contributed by atoms with Crippen molar-refractivity contribution in [2.24, 2.45) is 0 Å². The molecule has 1 aliphatic rings. The third-order valence-electron chi connectivity index (χ3n) is 4.30. The molecular formula is C20H22N2O2. The van der Waals surface area contributed by atoms with Crippen LogP contribution in [0.15, 0.2) is 48.5 Å². The van der Waals surface area contributed by atoms with Gasteiger partial charge < -0.3 is 10.2 Å². The van der Waals surface area contributed by atoms with E-state index in [-0.39, 0.29) is 18.4 Å². The quantitative estimate of drug-likeness (QED) is 0.941. The van der Waals surface area contributed by atoms with E-state index in [0.717, 1.165) is 29.7 Å². The number of hydrogen-bond acceptors (Lipinski definition) is 2. The van der Waals surface area contributed by atoms with Crippen LogP contribution in [0.1, 0.15) is 23.1 Å². The molecule has 0 fully saturated rings. The van der Waals surface area contributed by atoms with Crippen molar-refractivity contribution in [3.05, 3.63) is 65.2 Å². The first-order valence-corrected chi connectivity index (χ1v) is 8.34. The number of nitrogens with zero attached hydrogens (tertiary/aromatic N) is 1. The lowest BCUT2D eigenvalue weighted by Gasteiger charge is -2.29. The van der Waals surface area contributed by atoms with Crippen molar-refractivity contribution in [2.75, 3.05) is 18.0 Å². The molecule has 0 saturated carbocycles. The van der Waals surface area contributed by atoms with Crippen LogP contribution in [0.5, 0.6) is 0 Å². The number of anilines is 1. The van der Waals surface area contributed by atoms with E-state index in [1.54, 1.807) is 4.90 Å². The number of carbonyl (C=O) groups is 2. The Labute approximate surface area is 142 Å². The highest BCUT2D eigenvalue weighted by Crippen LogP contribution is 2.26. The van der Waals surface area contributed by atoms with Crippen molar-refractivity contribution < 1.29 is 9.59 Å². The summed E-state index contributed by atoms with van der Waals surface area (Å²) in [5, 5.41) is 2.75. The smallest absolute Gasteiger partial charge is 0.246 e. The summed E-state index contributed by atoms with van der Waals surface area (Å²) in [5.74, 6) is -0.181. The van der Waals surface area contributed by atoms with Gasteiger partial charge in [0.15, 0.2) is 0 Å². The molecule has 0 atom stereocenters. The van der Waals surface area contributed by atoms with Gasteiger partial charge in [-0.25, -0.2) is 0 Å². The number of amides is 2. The van der Waals surface area contributed by atoms with Crippen LogP contribution in [0.4, 0.5) is 5.69 Å². The number of nitrogens with one attached hydrogen (secondary N) is 1. The van der Waals surface area contributed by atoms with E-state index in [0.29, 0.717) is 13.0 Å². The molecular weight excluding hydrogens is 300 g/mol. The van der Waals surface area contributed by atoms with Crippen LogP contribution < -0.4 is 10.2 Å². The zero-order chi connectivity index (χ0) is 16.9. The van der Waals surface area contributed by atoms with Crippen LogP contribution in [0.2, 0.25) is 0 Å². The number of rotatable bonds is 4. The summed E-state index contributed by atoms with van der Waals surface area (Å²) in [7, 11) is 0. The highest BCUT2D eigenvalue weighted by atomic mass is 16.2. The number of carbonyl (C=O) groups excluding carboxylic acids is 2. The lowest BCUT2D eigenvalue weighted by molar-refractivity contribution is -0.124. The highest BCUT2D eigenvalue weighted by molar-refractivity contribution is 5.97. The third kappa shape index (κ3) is 3.82. The van der Waals surface area contributed by atoms with E-state index in [1.807, 2.05) is 49.4 Å². The Balaban J connectivity index is 1.57. The van der Waals surface area contributed by atoms with E-state index in [2.05, 4.69) is 11.4 Å². The first kappa shape index (κ1) is 16.2. The Bertz CT molecular complexity index is 755. The number of benzene rings is 2. The Hall–Kier alpha value is -2.62. The van der Waals surface area contributed by atoms with E-state index in [1.165, 1.54) is 5.56 Å². The Kier molecular flexibility index (Phi) is 4.94. The number of para-hydroxylation sites is 1. The maximum Gasteiger partial charge on any atom is 0.246 e.